The summed E-state index contributed by atoms with van der Waals surface area (Å²) in [5.41, 5.74) is 2.03. The molecule has 0 spiro atoms. The number of ether oxygens (including phenoxy) is 2. The van der Waals surface area contributed by atoms with Crippen LogP contribution in [0.2, 0.25) is 0 Å². The minimum atomic E-state index is -0.0531. The summed E-state index contributed by atoms with van der Waals surface area (Å²) in [6.07, 6.45) is 1.75. The Hall–Kier alpha value is -1.26. The molecule has 1 saturated heterocycles. The van der Waals surface area contributed by atoms with Gasteiger partial charge in [-0.3, -0.25) is 0 Å². The van der Waals surface area contributed by atoms with Gasteiger partial charge in [-0.05, 0) is 25.5 Å². The zero-order valence-corrected chi connectivity index (χ0v) is 12.6. The summed E-state index contributed by atoms with van der Waals surface area (Å²) in [4.78, 5) is 4.74. The van der Waals surface area contributed by atoms with Crippen molar-refractivity contribution in [1.82, 2.24) is 9.55 Å². The Morgan fingerprint density at radius 2 is 2.35 bits per heavy atom. The summed E-state index contributed by atoms with van der Waals surface area (Å²) in [5, 5.41) is 0. The molecular formula is C15H19ClN2O2. The lowest BCUT2D eigenvalue weighted by molar-refractivity contribution is 0.162. The third-order valence-corrected chi connectivity index (χ3v) is 4.18. The molecule has 3 rings (SSSR count). The topological polar surface area (TPSA) is 36.3 Å². The van der Waals surface area contributed by atoms with E-state index in [2.05, 4.69) is 11.5 Å². The largest absolute Gasteiger partial charge is 0.497 e. The van der Waals surface area contributed by atoms with Crippen LogP contribution in [0.15, 0.2) is 18.2 Å². The highest BCUT2D eigenvalue weighted by Gasteiger charge is 2.34. The van der Waals surface area contributed by atoms with E-state index in [0.717, 1.165) is 42.1 Å². The minimum Gasteiger partial charge on any atom is -0.497 e. The van der Waals surface area contributed by atoms with Gasteiger partial charge in [-0.15, -0.1) is 11.6 Å². The Balaban J connectivity index is 2.21. The van der Waals surface area contributed by atoms with Crippen molar-refractivity contribution in [2.75, 3.05) is 26.2 Å². The van der Waals surface area contributed by atoms with E-state index in [9.17, 15) is 0 Å². The fraction of sp³-hybridized carbons (Fsp3) is 0.533. The number of benzene rings is 1. The Morgan fingerprint density at radius 1 is 1.50 bits per heavy atom. The molecule has 0 N–H and O–H groups in total. The maximum absolute atomic E-state index is 5.94. The fourth-order valence-corrected chi connectivity index (χ4v) is 3.09. The predicted octanol–water partition coefficient (Wildman–Crippen LogP) is 2.96. The number of imidazole rings is 1. The smallest absolute Gasteiger partial charge is 0.121 e. The lowest BCUT2D eigenvalue weighted by Crippen LogP contribution is -2.32. The molecule has 0 saturated carbocycles. The second-order valence-electron chi connectivity index (χ2n) is 5.46. The summed E-state index contributed by atoms with van der Waals surface area (Å²) in [6.45, 7) is 3.73. The summed E-state index contributed by atoms with van der Waals surface area (Å²) < 4.78 is 13.2. The van der Waals surface area contributed by atoms with Crippen LogP contribution in [0.5, 0.6) is 5.75 Å². The molecule has 0 radical (unpaired) electrons. The van der Waals surface area contributed by atoms with E-state index in [0.29, 0.717) is 12.5 Å². The number of halogens is 1. The molecule has 2 aromatic rings. The van der Waals surface area contributed by atoms with Crippen LogP contribution in [0.25, 0.3) is 11.0 Å². The van der Waals surface area contributed by atoms with Crippen LogP contribution in [0.4, 0.5) is 0 Å². The van der Waals surface area contributed by atoms with Gasteiger partial charge in [0.05, 0.1) is 30.3 Å². The van der Waals surface area contributed by atoms with E-state index in [-0.39, 0.29) is 5.54 Å². The summed E-state index contributed by atoms with van der Waals surface area (Å²) in [7, 11) is 1.68. The molecule has 1 aromatic carbocycles. The van der Waals surface area contributed by atoms with Crippen LogP contribution in [-0.2, 0) is 16.7 Å². The third-order valence-electron chi connectivity index (χ3n) is 3.99. The molecule has 1 atom stereocenters. The van der Waals surface area contributed by atoms with Gasteiger partial charge in [-0.2, -0.15) is 0 Å². The van der Waals surface area contributed by atoms with Gasteiger partial charge in [0.2, 0.25) is 0 Å². The molecule has 1 fully saturated rings. The SMILES string of the molecule is COc1ccc2nc(CCCl)n(C3(C)CCOC3)c2c1. The molecule has 20 heavy (non-hydrogen) atoms. The Morgan fingerprint density at radius 3 is 3.00 bits per heavy atom. The monoisotopic (exact) mass is 294 g/mol. The number of nitrogens with zero attached hydrogens (tertiary/aromatic N) is 2. The van der Waals surface area contributed by atoms with Gasteiger partial charge in [-0.25, -0.2) is 4.98 Å². The lowest BCUT2D eigenvalue weighted by atomic mass is 10.0. The number of hydrogen-bond donors (Lipinski definition) is 0. The van der Waals surface area contributed by atoms with Crippen molar-refractivity contribution in [2.24, 2.45) is 0 Å². The molecule has 1 unspecified atom stereocenters. The van der Waals surface area contributed by atoms with Crippen molar-refractivity contribution >= 4 is 22.6 Å². The van der Waals surface area contributed by atoms with E-state index in [1.54, 1.807) is 7.11 Å². The Bertz CT molecular complexity index is 618. The first-order valence-electron chi connectivity index (χ1n) is 6.87. The van der Waals surface area contributed by atoms with Gasteiger partial charge in [0.25, 0.3) is 0 Å². The fourth-order valence-electron chi connectivity index (χ4n) is 2.92. The van der Waals surface area contributed by atoms with Crippen molar-refractivity contribution in [1.29, 1.82) is 0 Å². The normalized spacial score (nSPS) is 22.6. The van der Waals surface area contributed by atoms with Crippen molar-refractivity contribution in [3.05, 3.63) is 24.0 Å². The molecule has 108 valence electrons. The van der Waals surface area contributed by atoms with Crippen molar-refractivity contribution in [2.45, 2.75) is 25.3 Å². The summed E-state index contributed by atoms with van der Waals surface area (Å²) in [5.74, 6) is 2.44. The van der Waals surface area contributed by atoms with Crippen molar-refractivity contribution < 1.29 is 9.47 Å². The summed E-state index contributed by atoms with van der Waals surface area (Å²) in [6, 6.07) is 5.99. The highest BCUT2D eigenvalue weighted by atomic mass is 35.5. The average Bonchev–Trinajstić information content (AvgIpc) is 3.02. The number of aryl methyl sites for hydroxylation is 1. The van der Waals surface area contributed by atoms with Gasteiger partial charge < -0.3 is 14.0 Å². The second kappa shape index (κ2) is 5.26. The van der Waals surface area contributed by atoms with Crippen molar-refractivity contribution in [3.63, 3.8) is 0 Å². The van der Waals surface area contributed by atoms with Crippen LogP contribution in [-0.4, -0.2) is 35.8 Å². The molecule has 0 bridgehead atoms. The van der Waals surface area contributed by atoms with Gasteiger partial charge in [0.15, 0.2) is 0 Å². The molecule has 5 heteroatoms. The molecule has 2 heterocycles. The molecule has 1 aliphatic heterocycles. The highest BCUT2D eigenvalue weighted by molar-refractivity contribution is 6.17. The van der Waals surface area contributed by atoms with Crippen LogP contribution < -0.4 is 4.74 Å². The zero-order chi connectivity index (χ0) is 14.2. The van der Waals surface area contributed by atoms with E-state index in [1.165, 1.54) is 0 Å². The lowest BCUT2D eigenvalue weighted by Gasteiger charge is -2.27. The molecule has 1 aliphatic rings. The van der Waals surface area contributed by atoms with E-state index >= 15 is 0 Å². The highest BCUT2D eigenvalue weighted by Crippen LogP contribution is 2.34. The van der Waals surface area contributed by atoms with E-state index < -0.39 is 0 Å². The number of fused-ring (bicyclic) bond motifs is 1. The van der Waals surface area contributed by atoms with Gasteiger partial charge in [0, 0.05) is 25.0 Å². The molecule has 1 aromatic heterocycles. The summed E-state index contributed by atoms with van der Waals surface area (Å²) >= 11 is 5.94. The average molecular weight is 295 g/mol. The number of alkyl halides is 1. The number of rotatable bonds is 4. The minimum absolute atomic E-state index is 0.0531. The van der Waals surface area contributed by atoms with Crippen molar-refractivity contribution in [3.8, 4) is 5.75 Å². The Kier molecular flexibility index (Phi) is 3.61. The third kappa shape index (κ3) is 2.17. The number of aromatic nitrogens is 2. The predicted molar refractivity (Wildman–Crippen MR) is 79.8 cm³/mol. The second-order valence-corrected chi connectivity index (χ2v) is 5.83. The first-order chi connectivity index (χ1) is 9.68. The van der Waals surface area contributed by atoms with Gasteiger partial charge in [-0.1, -0.05) is 0 Å². The standard InChI is InChI=1S/C15H19ClN2O2/c1-15(6-8-20-10-15)18-13-9-11(19-2)3-4-12(13)17-14(18)5-7-16/h3-4,9H,5-8,10H2,1-2H3. The Labute approximate surface area is 123 Å². The zero-order valence-electron chi connectivity index (χ0n) is 11.9. The van der Waals surface area contributed by atoms with Crippen LogP contribution in [0, 0.1) is 0 Å². The van der Waals surface area contributed by atoms with Crippen LogP contribution >= 0.6 is 11.6 Å². The first-order valence-corrected chi connectivity index (χ1v) is 7.41. The van der Waals surface area contributed by atoms with Crippen LogP contribution in [0.1, 0.15) is 19.2 Å². The molecule has 4 nitrogen and oxygen atoms in total. The first kappa shape index (κ1) is 13.7. The maximum atomic E-state index is 5.94. The van der Waals surface area contributed by atoms with Gasteiger partial charge >= 0.3 is 0 Å². The number of methoxy groups -OCH3 is 1. The van der Waals surface area contributed by atoms with Crippen LogP contribution in [0.3, 0.4) is 0 Å². The molecular weight excluding hydrogens is 276 g/mol. The van der Waals surface area contributed by atoms with E-state index in [1.807, 2.05) is 18.2 Å². The van der Waals surface area contributed by atoms with E-state index in [4.69, 9.17) is 26.1 Å². The van der Waals surface area contributed by atoms with Gasteiger partial charge in [0.1, 0.15) is 11.6 Å². The number of hydrogen-bond acceptors (Lipinski definition) is 3. The quantitative estimate of drug-likeness (QED) is 0.814. The molecule has 0 amide bonds. The molecule has 0 aliphatic carbocycles. The maximum Gasteiger partial charge on any atom is 0.121 e.